The summed E-state index contributed by atoms with van der Waals surface area (Å²) in [5.41, 5.74) is 6.06. The molecule has 0 aliphatic heterocycles. The van der Waals surface area contributed by atoms with Gasteiger partial charge in [0.15, 0.2) is 0 Å². The first-order valence-electron chi connectivity index (χ1n) is 6.21. The first-order valence-corrected chi connectivity index (χ1v) is 6.59. The molecule has 0 bridgehead atoms. The number of benzene rings is 1. The van der Waals surface area contributed by atoms with Gasteiger partial charge in [-0.1, -0.05) is 11.6 Å². The molecule has 2 amide bonds. The van der Waals surface area contributed by atoms with Crippen LogP contribution in [0, 0.1) is 0 Å². The minimum Gasteiger partial charge on any atom is -0.399 e. The largest absolute Gasteiger partial charge is 0.399 e. The first-order chi connectivity index (χ1) is 9.10. The van der Waals surface area contributed by atoms with Gasteiger partial charge in [0.1, 0.15) is 0 Å². The van der Waals surface area contributed by atoms with Crippen molar-refractivity contribution in [1.82, 2.24) is 10.2 Å². The van der Waals surface area contributed by atoms with E-state index >= 15 is 0 Å². The van der Waals surface area contributed by atoms with Crippen LogP contribution in [0.2, 0.25) is 5.02 Å². The van der Waals surface area contributed by atoms with Crippen molar-refractivity contribution in [3.8, 4) is 0 Å². The van der Waals surface area contributed by atoms with Crippen LogP contribution in [0.3, 0.4) is 0 Å². The molecule has 110 valence electrons. The van der Waals surface area contributed by atoms with Crippen LogP contribution in [0.25, 0.3) is 0 Å². The highest BCUT2D eigenvalue weighted by Crippen LogP contribution is 2.20. The number of nitrogen functional groups attached to an aromatic ring is 1. The number of likely N-dealkylation sites (N-methyl/N-ethyl adjacent to an activating group) is 1. The second-order valence-corrected chi connectivity index (χ2v) is 6.11. The molecule has 6 heteroatoms. The Balaban J connectivity index is 2.75. The molecule has 0 unspecified atom stereocenters. The number of anilines is 1. The Labute approximate surface area is 124 Å². The minimum atomic E-state index is -0.334. The summed E-state index contributed by atoms with van der Waals surface area (Å²) in [5, 5.41) is 3.07. The summed E-state index contributed by atoms with van der Waals surface area (Å²) in [6.45, 7) is 5.60. The number of nitrogens with zero attached hydrogens (tertiary/aromatic N) is 1. The Hall–Kier alpha value is -1.75. The van der Waals surface area contributed by atoms with Crippen molar-refractivity contribution >= 4 is 29.1 Å². The van der Waals surface area contributed by atoms with Crippen LogP contribution in [0.1, 0.15) is 31.1 Å². The smallest absolute Gasteiger partial charge is 0.255 e. The summed E-state index contributed by atoms with van der Waals surface area (Å²) >= 11 is 5.98. The number of rotatable bonds is 3. The van der Waals surface area contributed by atoms with E-state index in [1.165, 1.54) is 11.0 Å². The predicted octanol–water partition coefficient (Wildman–Crippen LogP) is 1.91. The van der Waals surface area contributed by atoms with Crippen LogP contribution in [0.15, 0.2) is 18.2 Å². The molecule has 1 rings (SSSR count). The van der Waals surface area contributed by atoms with E-state index in [0.29, 0.717) is 11.3 Å². The van der Waals surface area contributed by atoms with Crippen LogP contribution >= 0.6 is 11.6 Å². The van der Waals surface area contributed by atoms with Gasteiger partial charge >= 0.3 is 0 Å². The third kappa shape index (κ3) is 4.74. The minimum absolute atomic E-state index is 0.0309. The Morgan fingerprint density at radius 2 is 1.95 bits per heavy atom. The molecule has 0 aromatic heterocycles. The highest BCUT2D eigenvalue weighted by molar-refractivity contribution is 6.34. The van der Waals surface area contributed by atoms with Crippen molar-refractivity contribution in [2.24, 2.45) is 0 Å². The van der Waals surface area contributed by atoms with Crippen molar-refractivity contribution in [3.05, 3.63) is 28.8 Å². The zero-order valence-corrected chi connectivity index (χ0v) is 12.9. The SMILES string of the molecule is CN(CC(=O)NC(C)(C)C)C(=O)c1ccc(N)cc1Cl. The topological polar surface area (TPSA) is 75.4 Å². The van der Waals surface area contributed by atoms with E-state index in [-0.39, 0.29) is 28.9 Å². The number of hydrogen-bond acceptors (Lipinski definition) is 3. The maximum Gasteiger partial charge on any atom is 0.255 e. The van der Waals surface area contributed by atoms with Gasteiger partial charge in [0.25, 0.3) is 5.91 Å². The van der Waals surface area contributed by atoms with E-state index < -0.39 is 0 Å². The van der Waals surface area contributed by atoms with Crippen LogP contribution in [0.5, 0.6) is 0 Å². The lowest BCUT2D eigenvalue weighted by atomic mass is 10.1. The fourth-order valence-electron chi connectivity index (χ4n) is 1.66. The van der Waals surface area contributed by atoms with Gasteiger partial charge in [-0.05, 0) is 39.0 Å². The molecule has 20 heavy (non-hydrogen) atoms. The van der Waals surface area contributed by atoms with E-state index in [2.05, 4.69) is 5.32 Å². The molecule has 0 fully saturated rings. The summed E-state index contributed by atoms with van der Waals surface area (Å²) < 4.78 is 0. The van der Waals surface area contributed by atoms with Crippen molar-refractivity contribution in [2.75, 3.05) is 19.3 Å². The van der Waals surface area contributed by atoms with Gasteiger partial charge in [0.2, 0.25) is 5.91 Å². The number of amides is 2. The average Bonchev–Trinajstić information content (AvgIpc) is 2.25. The summed E-state index contributed by atoms with van der Waals surface area (Å²) in [5.74, 6) is -0.543. The third-order valence-electron chi connectivity index (χ3n) is 2.47. The first kappa shape index (κ1) is 16.3. The molecule has 1 aromatic carbocycles. The average molecular weight is 298 g/mol. The van der Waals surface area contributed by atoms with Crippen molar-refractivity contribution in [1.29, 1.82) is 0 Å². The lowest BCUT2D eigenvalue weighted by molar-refractivity contribution is -0.122. The number of halogens is 1. The fraction of sp³-hybridized carbons (Fsp3) is 0.429. The van der Waals surface area contributed by atoms with Crippen LogP contribution in [-0.4, -0.2) is 35.8 Å². The van der Waals surface area contributed by atoms with Crippen molar-refractivity contribution < 1.29 is 9.59 Å². The molecule has 1 aromatic rings. The van der Waals surface area contributed by atoms with E-state index in [1.54, 1.807) is 19.2 Å². The van der Waals surface area contributed by atoms with Crippen LogP contribution in [-0.2, 0) is 4.79 Å². The van der Waals surface area contributed by atoms with Crippen LogP contribution < -0.4 is 11.1 Å². The summed E-state index contributed by atoms with van der Waals surface area (Å²) in [7, 11) is 1.55. The summed E-state index contributed by atoms with van der Waals surface area (Å²) in [4.78, 5) is 25.3. The van der Waals surface area contributed by atoms with Gasteiger partial charge in [-0.2, -0.15) is 0 Å². The normalized spacial score (nSPS) is 11.1. The lowest BCUT2D eigenvalue weighted by Gasteiger charge is -2.23. The monoisotopic (exact) mass is 297 g/mol. The zero-order chi connectivity index (χ0) is 15.5. The molecule has 0 aliphatic carbocycles. The van der Waals surface area contributed by atoms with Gasteiger partial charge < -0.3 is 16.0 Å². The Morgan fingerprint density at radius 3 is 2.45 bits per heavy atom. The van der Waals surface area contributed by atoms with E-state index in [4.69, 9.17) is 17.3 Å². The highest BCUT2D eigenvalue weighted by atomic mass is 35.5. The van der Waals surface area contributed by atoms with Crippen molar-refractivity contribution in [2.45, 2.75) is 26.3 Å². The standard InChI is InChI=1S/C14H20ClN3O2/c1-14(2,3)17-12(19)8-18(4)13(20)10-6-5-9(16)7-11(10)15/h5-7H,8,16H2,1-4H3,(H,17,19). The third-order valence-corrected chi connectivity index (χ3v) is 2.78. The molecule has 0 heterocycles. The molecular weight excluding hydrogens is 278 g/mol. The molecule has 0 saturated carbocycles. The molecule has 0 atom stereocenters. The molecule has 0 spiro atoms. The molecule has 0 saturated heterocycles. The van der Waals surface area contributed by atoms with Gasteiger partial charge in [-0.3, -0.25) is 9.59 Å². The maximum absolute atomic E-state index is 12.2. The second kappa shape index (κ2) is 6.13. The van der Waals surface area contributed by atoms with E-state index in [9.17, 15) is 9.59 Å². The lowest BCUT2D eigenvalue weighted by Crippen LogP contribution is -2.46. The van der Waals surface area contributed by atoms with Gasteiger partial charge in [0, 0.05) is 18.3 Å². The van der Waals surface area contributed by atoms with Gasteiger partial charge in [-0.15, -0.1) is 0 Å². The van der Waals surface area contributed by atoms with E-state index in [0.717, 1.165) is 0 Å². The quantitative estimate of drug-likeness (QED) is 0.837. The summed E-state index contributed by atoms with van der Waals surface area (Å²) in [6, 6.07) is 4.66. The zero-order valence-electron chi connectivity index (χ0n) is 12.2. The Bertz CT molecular complexity index is 524. The van der Waals surface area contributed by atoms with Crippen LogP contribution in [0.4, 0.5) is 5.69 Å². The number of nitrogens with one attached hydrogen (secondary N) is 1. The Morgan fingerprint density at radius 1 is 1.35 bits per heavy atom. The maximum atomic E-state index is 12.2. The number of carbonyl (C=O) groups excluding carboxylic acids is 2. The molecular formula is C14H20ClN3O2. The number of nitrogens with two attached hydrogens (primary N) is 1. The fourth-order valence-corrected chi connectivity index (χ4v) is 1.93. The van der Waals surface area contributed by atoms with Gasteiger partial charge in [-0.25, -0.2) is 0 Å². The Kier molecular flexibility index (Phi) is 5.00. The number of carbonyl (C=O) groups is 2. The molecule has 0 radical (unpaired) electrons. The predicted molar refractivity (Wildman–Crippen MR) is 80.7 cm³/mol. The summed E-state index contributed by atoms with van der Waals surface area (Å²) in [6.07, 6.45) is 0. The molecule has 5 nitrogen and oxygen atoms in total. The van der Waals surface area contributed by atoms with E-state index in [1.807, 2.05) is 20.8 Å². The van der Waals surface area contributed by atoms with Crippen molar-refractivity contribution in [3.63, 3.8) is 0 Å². The molecule has 3 N–H and O–H groups in total. The van der Waals surface area contributed by atoms with Gasteiger partial charge in [0.05, 0.1) is 17.1 Å². The second-order valence-electron chi connectivity index (χ2n) is 5.70. The highest BCUT2D eigenvalue weighted by Gasteiger charge is 2.20. The molecule has 0 aliphatic rings. The number of hydrogen-bond donors (Lipinski definition) is 2.